The summed E-state index contributed by atoms with van der Waals surface area (Å²) in [6, 6.07) is 23.5. The molecular weight excluding hydrogens is 364 g/mol. The summed E-state index contributed by atoms with van der Waals surface area (Å²) >= 11 is 0. The molecular formula is C25H24O4. The third-order valence-corrected chi connectivity index (χ3v) is 6.04. The molecule has 0 amide bonds. The van der Waals surface area contributed by atoms with Crippen LogP contribution in [0.5, 0.6) is 11.5 Å². The smallest absolute Gasteiger partial charge is 0.311 e. The molecule has 0 radical (unpaired) electrons. The van der Waals surface area contributed by atoms with Crippen LogP contribution in [0.1, 0.15) is 28.2 Å². The number of fused-ring (bicyclic) bond motifs is 1. The maximum atomic E-state index is 12.6. The Bertz CT molecular complexity index is 981. The zero-order valence-corrected chi connectivity index (χ0v) is 16.6. The van der Waals surface area contributed by atoms with Crippen molar-refractivity contribution < 1.29 is 19.4 Å². The lowest BCUT2D eigenvalue weighted by atomic mass is 9.65. The molecule has 148 valence electrons. The van der Waals surface area contributed by atoms with E-state index in [-0.39, 0.29) is 0 Å². The molecule has 4 nitrogen and oxygen atoms in total. The summed E-state index contributed by atoms with van der Waals surface area (Å²) in [6.07, 6.45) is 1.36. The van der Waals surface area contributed by atoms with Crippen LogP contribution in [0.4, 0.5) is 0 Å². The molecule has 0 heterocycles. The largest absolute Gasteiger partial charge is 0.497 e. The molecule has 3 aromatic carbocycles. The molecule has 3 aromatic rings. The Hall–Kier alpha value is -3.27. The number of methoxy groups -OCH3 is 2. The molecule has 0 aliphatic heterocycles. The van der Waals surface area contributed by atoms with Crippen LogP contribution in [0.15, 0.2) is 72.8 Å². The zero-order chi connectivity index (χ0) is 20.4. The van der Waals surface area contributed by atoms with Crippen LogP contribution in [0.2, 0.25) is 0 Å². The predicted molar refractivity (Wildman–Crippen MR) is 112 cm³/mol. The summed E-state index contributed by atoms with van der Waals surface area (Å²) in [5, 5.41) is 10.4. The number of carboxylic acid groups (broad SMARTS) is 1. The summed E-state index contributed by atoms with van der Waals surface area (Å²) in [5.41, 5.74) is 3.64. The van der Waals surface area contributed by atoms with E-state index in [1.54, 1.807) is 14.2 Å². The quantitative estimate of drug-likeness (QED) is 0.670. The third-order valence-electron chi connectivity index (χ3n) is 6.04. The van der Waals surface area contributed by atoms with Crippen molar-refractivity contribution in [3.8, 4) is 11.5 Å². The number of carbonyl (C=O) groups is 1. The van der Waals surface area contributed by atoms with Crippen LogP contribution in [0, 0.1) is 0 Å². The summed E-state index contributed by atoms with van der Waals surface area (Å²) < 4.78 is 10.6. The van der Waals surface area contributed by atoms with Crippen molar-refractivity contribution in [1.82, 2.24) is 0 Å². The number of carboxylic acids is 1. The van der Waals surface area contributed by atoms with Gasteiger partial charge in [0.2, 0.25) is 0 Å². The van der Waals surface area contributed by atoms with Crippen LogP contribution < -0.4 is 9.47 Å². The summed E-state index contributed by atoms with van der Waals surface area (Å²) in [4.78, 5) is 12.6. The fourth-order valence-corrected chi connectivity index (χ4v) is 4.64. The summed E-state index contributed by atoms with van der Waals surface area (Å²) in [6.45, 7) is 0. The molecule has 1 atom stereocenters. The van der Waals surface area contributed by atoms with Crippen molar-refractivity contribution in [2.45, 2.75) is 24.2 Å². The summed E-state index contributed by atoms with van der Waals surface area (Å²) in [7, 11) is 3.24. The van der Waals surface area contributed by atoms with E-state index in [1.807, 2.05) is 60.7 Å². The molecule has 0 fully saturated rings. The fourth-order valence-electron chi connectivity index (χ4n) is 4.64. The van der Waals surface area contributed by atoms with Gasteiger partial charge in [0.15, 0.2) is 0 Å². The second kappa shape index (κ2) is 7.63. The van der Waals surface area contributed by atoms with Gasteiger partial charge >= 0.3 is 5.97 Å². The highest BCUT2D eigenvalue weighted by molar-refractivity contribution is 5.80. The molecule has 0 spiro atoms. The monoisotopic (exact) mass is 388 g/mol. The molecule has 4 rings (SSSR count). The Morgan fingerprint density at radius 2 is 1.31 bits per heavy atom. The molecule has 0 saturated carbocycles. The summed E-state index contributed by atoms with van der Waals surface area (Å²) in [5.74, 6) is -0.0326. The Morgan fingerprint density at radius 3 is 1.76 bits per heavy atom. The highest BCUT2D eigenvalue weighted by Crippen LogP contribution is 2.49. The normalized spacial score (nSPS) is 15.4. The van der Waals surface area contributed by atoms with Gasteiger partial charge in [-0.1, -0.05) is 48.5 Å². The first-order valence-electron chi connectivity index (χ1n) is 9.65. The SMILES string of the molecule is COc1ccc(C(C(=O)O)C2(c3ccc(OC)cc3)Cc3ccccc3C2)cc1. The van der Waals surface area contributed by atoms with E-state index < -0.39 is 17.3 Å². The van der Waals surface area contributed by atoms with Gasteiger partial charge in [-0.15, -0.1) is 0 Å². The third kappa shape index (κ3) is 3.35. The Morgan fingerprint density at radius 1 is 0.828 bits per heavy atom. The highest BCUT2D eigenvalue weighted by atomic mass is 16.5. The van der Waals surface area contributed by atoms with E-state index in [2.05, 4.69) is 12.1 Å². The maximum Gasteiger partial charge on any atom is 0.311 e. The molecule has 0 aromatic heterocycles. The van der Waals surface area contributed by atoms with Crippen molar-refractivity contribution in [3.63, 3.8) is 0 Å². The molecule has 0 bridgehead atoms. The van der Waals surface area contributed by atoms with Crippen LogP contribution >= 0.6 is 0 Å². The lowest BCUT2D eigenvalue weighted by Gasteiger charge is -2.36. The van der Waals surface area contributed by atoms with E-state index >= 15 is 0 Å². The van der Waals surface area contributed by atoms with Gasteiger partial charge in [0, 0.05) is 5.41 Å². The average molecular weight is 388 g/mol. The molecule has 1 aliphatic rings. The van der Waals surface area contributed by atoms with Gasteiger partial charge in [-0.3, -0.25) is 4.79 Å². The van der Waals surface area contributed by atoms with Crippen molar-refractivity contribution in [2.75, 3.05) is 14.2 Å². The molecule has 1 N–H and O–H groups in total. The van der Waals surface area contributed by atoms with Crippen LogP contribution in [0.3, 0.4) is 0 Å². The Balaban J connectivity index is 1.87. The minimum absolute atomic E-state index is 0.573. The van der Waals surface area contributed by atoms with Gasteiger partial charge in [-0.05, 0) is 59.4 Å². The van der Waals surface area contributed by atoms with Crippen molar-refractivity contribution >= 4 is 5.97 Å². The average Bonchev–Trinajstić information content (AvgIpc) is 3.14. The molecule has 1 aliphatic carbocycles. The molecule has 0 saturated heterocycles. The van der Waals surface area contributed by atoms with Crippen LogP contribution in [0.25, 0.3) is 0 Å². The van der Waals surface area contributed by atoms with Crippen molar-refractivity contribution in [2.24, 2.45) is 0 Å². The first-order chi connectivity index (χ1) is 14.1. The molecule has 29 heavy (non-hydrogen) atoms. The van der Waals surface area contributed by atoms with Gasteiger partial charge < -0.3 is 14.6 Å². The van der Waals surface area contributed by atoms with Gasteiger partial charge in [-0.2, -0.15) is 0 Å². The van der Waals surface area contributed by atoms with Crippen molar-refractivity contribution in [1.29, 1.82) is 0 Å². The zero-order valence-electron chi connectivity index (χ0n) is 16.6. The first kappa shape index (κ1) is 19.1. The fraction of sp³-hybridized carbons (Fsp3) is 0.240. The first-order valence-corrected chi connectivity index (χ1v) is 9.65. The standard InChI is InChI=1S/C25H24O4/c1-28-21-11-7-17(8-12-21)23(24(26)27)25(20-9-13-22(29-2)14-10-20)15-18-5-3-4-6-19(18)16-25/h3-14,23H,15-16H2,1-2H3,(H,26,27). The van der Waals surface area contributed by atoms with Crippen LogP contribution in [-0.2, 0) is 23.1 Å². The number of ether oxygens (including phenoxy) is 2. The van der Waals surface area contributed by atoms with Gasteiger partial charge in [-0.25, -0.2) is 0 Å². The van der Waals surface area contributed by atoms with E-state index in [9.17, 15) is 9.90 Å². The number of rotatable bonds is 6. The van der Waals surface area contributed by atoms with Crippen molar-refractivity contribution in [3.05, 3.63) is 95.1 Å². The number of hydrogen-bond acceptors (Lipinski definition) is 3. The van der Waals surface area contributed by atoms with E-state index in [4.69, 9.17) is 9.47 Å². The second-order valence-electron chi connectivity index (χ2n) is 7.55. The van der Waals surface area contributed by atoms with Gasteiger partial charge in [0.25, 0.3) is 0 Å². The van der Waals surface area contributed by atoms with Crippen LogP contribution in [-0.4, -0.2) is 25.3 Å². The van der Waals surface area contributed by atoms with E-state index in [1.165, 1.54) is 11.1 Å². The second-order valence-corrected chi connectivity index (χ2v) is 7.55. The minimum Gasteiger partial charge on any atom is -0.497 e. The highest BCUT2D eigenvalue weighted by Gasteiger charge is 2.49. The topological polar surface area (TPSA) is 55.8 Å². The molecule has 4 heteroatoms. The molecule has 1 unspecified atom stereocenters. The Kier molecular flexibility index (Phi) is 5.01. The van der Waals surface area contributed by atoms with Gasteiger partial charge in [0.05, 0.1) is 20.1 Å². The lowest BCUT2D eigenvalue weighted by Crippen LogP contribution is -2.39. The lowest BCUT2D eigenvalue weighted by molar-refractivity contribution is -0.140. The number of benzene rings is 3. The van der Waals surface area contributed by atoms with E-state index in [0.29, 0.717) is 18.6 Å². The predicted octanol–water partition coefficient (Wildman–Crippen LogP) is 4.61. The minimum atomic E-state index is -0.821. The Labute approximate surface area is 170 Å². The van der Waals surface area contributed by atoms with E-state index in [0.717, 1.165) is 16.9 Å². The van der Waals surface area contributed by atoms with Gasteiger partial charge in [0.1, 0.15) is 11.5 Å². The number of aliphatic carboxylic acids is 1. The maximum absolute atomic E-state index is 12.6. The number of hydrogen-bond donors (Lipinski definition) is 1.